The Hall–Kier alpha value is -3.93. The fraction of sp³-hybridized carbons (Fsp3) is 0.160. The van der Waals surface area contributed by atoms with E-state index in [0.29, 0.717) is 18.6 Å². The molecule has 0 radical (unpaired) electrons. The van der Waals surface area contributed by atoms with Gasteiger partial charge in [0.25, 0.3) is 5.91 Å². The first kappa shape index (κ1) is 20.3. The highest BCUT2D eigenvalue weighted by molar-refractivity contribution is 6.14. The number of ether oxygens (including phenoxy) is 2. The van der Waals surface area contributed by atoms with Gasteiger partial charge in [-0.2, -0.15) is 0 Å². The Morgan fingerprint density at radius 2 is 1.55 bits per heavy atom. The second kappa shape index (κ2) is 9.26. The number of benzene rings is 3. The van der Waals surface area contributed by atoms with Crippen molar-refractivity contribution in [2.75, 3.05) is 13.2 Å². The monoisotopic (exact) mass is 415 g/mol. The molecule has 3 aromatic carbocycles. The fourth-order valence-corrected chi connectivity index (χ4v) is 3.54. The van der Waals surface area contributed by atoms with Crippen LogP contribution in [0.5, 0.6) is 5.75 Å². The molecule has 0 fully saturated rings. The lowest BCUT2D eigenvalue weighted by atomic mass is 9.98. The van der Waals surface area contributed by atoms with Crippen LogP contribution in [0.3, 0.4) is 0 Å². The summed E-state index contributed by atoms with van der Waals surface area (Å²) in [4.78, 5) is 37.8. The predicted molar refractivity (Wildman–Crippen MR) is 114 cm³/mol. The molecule has 1 unspecified atom stereocenters. The summed E-state index contributed by atoms with van der Waals surface area (Å²) in [6, 6.07) is 22.4. The van der Waals surface area contributed by atoms with Crippen LogP contribution in [0, 0.1) is 0 Å². The third kappa shape index (κ3) is 4.64. The average Bonchev–Trinajstić information content (AvgIpc) is 2.83. The lowest BCUT2D eigenvalue weighted by Gasteiger charge is -2.26. The molecule has 0 aromatic heterocycles. The molecule has 1 aliphatic rings. The highest BCUT2D eigenvalue weighted by Crippen LogP contribution is 2.31. The Morgan fingerprint density at radius 3 is 2.35 bits per heavy atom. The van der Waals surface area contributed by atoms with E-state index in [-0.39, 0.29) is 23.0 Å². The van der Waals surface area contributed by atoms with Crippen molar-refractivity contribution in [2.24, 2.45) is 0 Å². The van der Waals surface area contributed by atoms with E-state index in [0.717, 1.165) is 11.3 Å². The van der Waals surface area contributed by atoms with Crippen molar-refractivity contribution < 1.29 is 23.9 Å². The first-order valence-corrected chi connectivity index (χ1v) is 10.0. The molecule has 1 amide bonds. The zero-order chi connectivity index (χ0) is 21.6. The molecule has 4 rings (SSSR count). The van der Waals surface area contributed by atoms with Gasteiger partial charge in [0.1, 0.15) is 5.75 Å². The summed E-state index contributed by atoms with van der Waals surface area (Å²) in [5.41, 5.74) is 1.73. The number of nitrogens with one attached hydrogen (secondary N) is 1. The molecule has 0 bridgehead atoms. The molecule has 31 heavy (non-hydrogen) atoms. The maximum Gasteiger partial charge on any atom is 0.339 e. The van der Waals surface area contributed by atoms with Crippen molar-refractivity contribution in [2.45, 2.75) is 12.5 Å². The molecule has 0 saturated heterocycles. The number of esters is 1. The van der Waals surface area contributed by atoms with Crippen molar-refractivity contribution >= 4 is 17.7 Å². The van der Waals surface area contributed by atoms with Gasteiger partial charge in [0.15, 0.2) is 12.4 Å². The molecule has 1 N–H and O–H groups in total. The topological polar surface area (TPSA) is 81.7 Å². The third-order valence-electron chi connectivity index (χ3n) is 5.06. The lowest BCUT2D eigenvalue weighted by Crippen LogP contribution is -2.35. The molecule has 0 aliphatic carbocycles. The molecular weight excluding hydrogens is 394 g/mol. The zero-order valence-corrected chi connectivity index (χ0v) is 16.7. The fourth-order valence-electron chi connectivity index (χ4n) is 3.54. The number of carbonyl (C=O) groups is 3. The van der Waals surface area contributed by atoms with Crippen molar-refractivity contribution in [3.8, 4) is 5.75 Å². The number of rotatable bonds is 6. The van der Waals surface area contributed by atoms with Crippen LogP contribution >= 0.6 is 0 Å². The van der Waals surface area contributed by atoms with Crippen molar-refractivity contribution in [1.82, 2.24) is 5.32 Å². The summed E-state index contributed by atoms with van der Waals surface area (Å²) in [7, 11) is 0. The molecule has 1 atom stereocenters. The van der Waals surface area contributed by atoms with Gasteiger partial charge in [-0.05, 0) is 12.1 Å². The van der Waals surface area contributed by atoms with Crippen molar-refractivity contribution in [1.29, 1.82) is 0 Å². The maximum atomic E-state index is 12.8. The average molecular weight is 415 g/mol. The summed E-state index contributed by atoms with van der Waals surface area (Å²) in [6.45, 7) is 0.0585. The maximum absolute atomic E-state index is 12.8. The molecule has 0 saturated carbocycles. The molecule has 3 aromatic rings. The van der Waals surface area contributed by atoms with Crippen LogP contribution in [0.1, 0.15) is 44.3 Å². The predicted octanol–water partition coefficient (Wildman–Crippen LogP) is 3.71. The Labute approximate surface area is 179 Å². The van der Waals surface area contributed by atoms with Crippen LogP contribution in [-0.4, -0.2) is 30.9 Å². The van der Waals surface area contributed by atoms with E-state index in [9.17, 15) is 14.4 Å². The number of hydrogen-bond acceptors (Lipinski definition) is 5. The highest BCUT2D eigenvalue weighted by Gasteiger charge is 2.24. The molecular formula is C25H21NO5. The first-order valence-electron chi connectivity index (χ1n) is 10.0. The van der Waals surface area contributed by atoms with E-state index < -0.39 is 18.5 Å². The number of fused-ring (bicyclic) bond motifs is 1. The van der Waals surface area contributed by atoms with Gasteiger partial charge in [0.2, 0.25) is 0 Å². The zero-order valence-electron chi connectivity index (χ0n) is 16.7. The summed E-state index contributed by atoms with van der Waals surface area (Å²) in [5.74, 6) is -0.676. The minimum absolute atomic E-state index is 0.126. The van der Waals surface area contributed by atoms with Crippen LogP contribution in [0.4, 0.5) is 0 Å². The molecule has 1 aliphatic heterocycles. The van der Waals surface area contributed by atoms with E-state index >= 15 is 0 Å². The van der Waals surface area contributed by atoms with Gasteiger partial charge in [-0.25, -0.2) is 4.79 Å². The molecule has 1 heterocycles. The summed E-state index contributed by atoms with van der Waals surface area (Å²) >= 11 is 0. The minimum atomic E-state index is -0.720. The van der Waals surface area contributed by atoms with E-state index in [4.69, 9.17) is 9.47 Å². The number of hydrogen-bond donors (Lipinski definition) is 1. The Bertz CT molecular complexity index is 1110. The molecule has 0 spiro atoms. The summed E-state index contributed by atoms with van der Waals surface area (Å²) in [5, 5.41) is 2.88. The molecule has 6 nitrogen and oxygen atoms in total. The van der Waals surface area contributed by atoms with E-state index in [1.165, 1.54) is 6.07 Å². The van der Waals surface area contributed by atoms with Gasteiger partial charge >= 0.3 is 5.97 Å². The molecule has 6 heteroatoms. The van der Waals surface area contributed by atoms with Gasteiger partial charge in [-0.1, -0.05) is 66.7 Å². The second-order valence-corrected chi connectivity index (χ2v) is 7.11. The van der Waals surface area contributed by atoms with Gasteiger partial charge < -0.3 is 14.8 Å². The minimum Gasteiger partial charge on any atom is -0.493 e. The quantitative estimate of drug-likeness (QED) is 0.490. The van der Waals surface area contributed by atoms with Crippen LogP contribution in [0.25, 0.3) is 0 Å². The number of para-hydroxylation sites is 1. The Morgan fingerprint density at radius 1 is 0.871 bits per heavy atom. The van der Waals surface area contributed by atoms with Gasteiger partial charge in [-0.15, -0.1) is 0 Å². The van der Waals surface area contributed by atoms with Crippen molar-refractivity contribution in [3.63, 3.8) is 0 Å². The van der Waals surface area contributed by atoms with Gasteiger partial charge in [-0.3, -0.25) is 9.59 Å². The van der Waals surface area contributed by atoms with Crippen LogP contribution < -0.4 is 10.1 Å². The van der Waals surface area contributed by atoms with Crippen molar-refractivity contribution in [3.05, 3.63) is 101 Å². The van der Waals surface area contributed by atoms with Gasteiger partial charge in [0.05, 0.1) is 18.2 Å². The smallest absolute Gasteiger partial charge is 0.339 e. The normalized spacial score (nSPS) is 14.6. The summed E-state index contributed by atoms with van der Waals surface area (Å²) < 4.78 is 10.8. The van der Waals surface area contributed by atoms with Gasteiger partial charge in [0, 0.05) is 23.1 Å². The number of amides is 1. The Kier molecular flexibility index (Phi) is 6.08. The largest absolute Gasteiger partial charge is 0.493 e. The van der Waals surface area contributed by atoms with Crippen LogP contribution in [0.2, 0.25) is 0 Å². The number of carbonyl (C=O) groups excluding carboxylic acids is 3. The summed E-state index contributed by atoms with van der Waals surface area (Å²) in [6.07, 6.45) is 0.630. The third-order valence-corrected chi connectivity index (χ3v) is 5.06. The highest BCUT2D eigenvalue weighted by atomic mass is 16.5. The van der Waals surface area contributed by atoms with Crippen LogP contribution in [-0.2, 0) is 9.53 Å². The van der Waals surface area contributed by atoms with E-state index in [1.807, 2.05) is 30.3 Å². The lowest BCUT2D eigenvalue weighted by molar-refractivity contribution is -0.125. The Balaban J connectivity index is 1.41. The second-order valence-electron chi connectivity index (χ2n) is 7.11. The van der Waals surface area contributed by atoms with E-state index in [2.05, 4.69) is 5.32 Å². The first-order chi connectivity index (χ1) is 15.1. The van der Waals surface area contributed by atoms with E-state index in [1.54, 1.807) is 42.5 Å². The SMILES string of the molecule is O=C(COC(=O)c1ccccc1C(=O)c1ccccc1)NC1CCOc2ccccc21. The molecule has 156 valence electrons. The van der Waals surface area contributed by atoms with Crippen LogP contribution in [0.15, 0.2) is 78.9 Å². The number of ketones is 1. The standard InChI is InChI=1S/C25H21NO5/c27-23(26-21-14-15-30-22-13-7-6-12-20(21)22)16-31-25(29)19-11-5-4-10-18(19)24(28)17-8-2-1-3-9-17/h1-13,21H,14-16H2,(H,26,27).